The molecule has 1 aromatic carbocycles. The maximum Gasteiger partial charge on any atom is 0.354 e. The Morgan fingerprint density at radius 3 is 2.79 bits per heavy atom. The van der Waals surface area contributed by atoms with Crippen molar-refractivity contribution in [3.63, 3.8) is 0 Å². The van der Waals surface area contributed by atoms with Crippen LogP contribution in [0.25, 0.3) is 0 Å². The monoisotopic (exact) mass is 342 g/mol. The van der Waals surface area contributed by atoms with Gasteiger partial charge in [0.25, 0.3) is 5.91 Å². The highest BCUT2D eigenvalue weighted by molar-refractivity contribution is 7.99. The number of aromatic carboxylic acids is 1. The second-order valence-corrected chi connectivity index (χ2v) is 6.86. The largest absolute Gasteiger partial charge is 0.477 e. The molecule has 2 heterocycles. The Hall–Kier alpha value is -2.34. The number of carboxylic acid groups (broad SMARTS) is 1. The first-order valence-electron chi connectivity index (χ1n) is 7.80. The van der Waals surface area contributed by atoms with Gasteiger partial charge < -0.3 is 10.0 Å². The highest BCUT2D eigenvalue weighted by Crippen LogP contribution is 2.26. The Kier molecular flexibility index (Phi) is 5.15. The molecule has 0 bridgehead atoms. The molecule has 1 atom stereocenters. The van der Waals surface area contributed by atoms with Crippen molar-refractivity contribution in [2.45, 2.75) is 11.3 Å². The van der Waals surface area contributed by atoms with Gasteiger partial charge in [-0.05, 0) is 36.6 Å². The van der Waals surface area contributed by atoms with Crippen LogP contribution in [-0.4, -0.2) is 45.7 Å². The fourth-order valence-electron chi connectivity index (χ4n) is 2.75. The average molecular weight is 342 g/mol. The van der Waals surface area contributed by atoms with Crippen molar-refractivity contribution in [3.8, 4) is 0 Å². The van der Waals surface area contributed by atoms with E-state index in [4.69, 9.17) is 5.11 Å². The topological polar surface area (TPSA) is 70.5 Å². The van der Waals surface area contributed by atoms with Gasteiger partial charge in [-0.2, -0.15) is 0 Å². The van der Waals surface area contributed by atoms with Crippen molar-refractivity contribution in [2.24, 2.45) is 5.92 Å². The second-order valence-electron chi connectivity index (χ2n) is 5.76. The number of carbonyl (C=O) groups is 2. The predicted octanol–water partition coefficient (Wildman–Crippen LogP) is 3.03. The molecule has 124 valence electrons. The maximum atomic E-state index is 12.5. The van der Waals surface area contributed by atoms with Gasteiger partial charge in [0, 0.05) is 35.5 Å². The van der Waals surface area contributed by atoms with Gasteiger partial charge in [-0.3, -0.25) is 4.79 Å². The molecule has 0 saturated carbocycles. The van der Waals surface area contributed by atoms with Crippen molar-refractivity contribution < 1.29 is 14.7 Å². The van der Waals surface area contributed by atoms with Gasteiger partial charge >= 0.3 is 5.97 Å². The van der Waals surface area contributed by atoms with Gasteiger partial charge in [0.15, 0.2) is 0 Å². The van der Waals surface area contributed by atoms with Crippen LogP contribution in [0.1, 0.15) is 27.3 Å². The molecule has 1 unspecified atom stereocenters. The Labute approximate surface area is 144 Å². The first-order valence-corrected chi connectivity index (χ1v) is 8.78. The SMILES string of the molecule is O=C(O)c1cc(C(=O)N2CCC(CSc3ccccc3)C2)ccn1. The molecular formula is C18H18N2O3S. The van der Waals surface area contributed by atoms with Gasteiger partial charge in [0.1, 0.15) is 5.69 Å². The molecule has 1 saturated heterocycles. The third kappa shape index (κ3) is 3.94. The molecular weight excluding hydrogens is 324 g/mol. The molecule has 5 nitrogen and oxygen atoms in total. The van der Waals surface area contributed by atoms with E-state index in [-0.39, 0.29) is 11.6 Å². The van der Waals surface area contributed by atoms with Gasteiger partial charge in [0.05, 0.1) is 0 Å². The van der Waals surface area contributed by atoms with Crippen molar-refractivity contribution in [1.82, 2.24) is 9.88 Å². The summed E-state index contributed by atoms with van der Waals surface area (Å²) in [6.45, 7) is 1.42. The summed E-state index contributed by atoms with van der Waals surface area (Å²) in [7, 11) is 0. The number of benzene rings is 1. The van der Waals surface area contributed by atoms with Crippen molar-refractivity contribution >= 4 is 23.6 Å². The quantitative estimate of drug-likeness (QED) is 0.846. The van der Waals surface area contributed by atoms with Crippen LogP contribution in [-0.2, 0) is 0 Å². The van der Waals surface area contributed by atoms with Crippen LogP contribution in [0.2, 0.25) is 0 Å². The number of aromatic nitrogens is 1. The molecule has 1 N–H and O–H groups in total. The van der Waals surface area contributed by atoms with Crippen LogP contribution in [0.5, 0.6) is 0 Å². The van der Waals surface area contributed by atoms with E-state index in [9.17, 15) is 9.59 Å². The lowest BCUT2D eigenvalue weighted by atomic mass is 10.1. The van der Waals surface area contributed by atoms with Crippen molar-refractivity contribution in [1.29, 1.82) is 0 Å². The summed E-state index contributed by atoms with van der Waals surface area (Å²) in [4.78, 5) is 30.3. The zero-order valence-electron chi connectivity index (χ0n) is 13.1. The lowest BCUT2D eigenvalue weighted by Gasteiger charge is -2.16. The number of rotatable bonds is 5. The smallest absolute Gasteiger partial charge is 0.354 e. The van der Waals surface area contributed by atoms with E-state index in [1.54, 1.807) is 11.0 Å². The number of hydrogen-bond acceptors (Lipinski definition) is 4. The highest BCUT2D eigenvalue weighted by Gasteiger charge is 2.27. The van der Waals surface area contributed by atoms with E-state index >= 15 is 0 Å². The summed E-state index contributed by atoms with van der Waals surface area (Å²) in [6.07, 6.45) is 2.35. The van der Waals surface area contributed by atoms with Crippen LogP contribution in [0.4, 0.5) is 0 Å². The second kappa shape index (κ2) is 7.49. The van der Waals surface area contributed by atoms with Crippen LogP contribution < -0.4 is 0 Å². The Bertz CT molecular complexity index is 736. The van der Waals surface area contributed by atoms with Gasteiger partial charge in [-0.25, -0.2) is 9.78 Å². The van der Waals surface area contributed by atoms with E-state index < -0.39 is 5.97 Å². The van der Waals surface area contributed by atoms with Crippen LogP contribution in [0, 0.1) is 5.92 Å². The molecule has 1 fully saturated rings. The summed E-state index contributed by atoms with van der Waals surface area (Å²) in [5.74, 6) is 0.195. The van der Waals surface area contributed by atoms with Gasteiger partial charge in [-0.1, -0.05) is 18.2 Å². The summed E-state index contributed by atoms with van der Waals surface area (Å²) >= 11 is 1.81. The number of amides is 1. The molecule has 0 aliphatic carbocycles. The van der Waals surface area contributed by atoms with Gasteiger partial charge in [0.2, 0.25) is 0 Å². The third-order valence-electron chi connectivity index (χ3n) is 4.03. The maximum absolute atomic E-state index is 12.5. The lowest BCUT2D eigenvalue weighted by Crippen LogP contribution is -2.29. The van der Waals surface area contributed by atoms with E-state index in [1.165, 1.54) is 17.2 Å². The molecule has 0 spiro atoms. The minimum absolute atomic E-state index is 0.101. The summed E-state index contributed by atoms with van der Waals surface area (Å²) in [5, 5.41) is 8.99. The highest BCUT2D eigenvalue weighted by atomic mass is 32.2. The first kappa shape index (κ1) is 16.5. The minimum atomic E-state index is -1.12. The number of nitrogens with zero attached hydrogens (tertiary/aromatic N) is 2. The number of thioether (sulfide) groups is 1. The molecule has 1 amide bonds. The Morgan fingerprint density at radius 2 is 2.04 bits per heavy atom. The number of likely N-dealkylation sites (tertiary alicyclic amines) is 1. The Balaban J connectivity index is 1.58. The van der Waals surface area contributed by atoms with E-state index in [1.807, 2.05) is 30.0 Å². The van der Waals surface area contributed by atoms with Crippen LogP contribution in [0.3, 0.4) is 0 Å². The molecule has 3 rings (SSSR count). The summed E-state index contributed by atoms with van der Waals surface area (Å²) in [5.41, 5.74) is 0.287. The normalized spacial score (nSPS) is 17.0. The molecule has 0 radical (unpaired) electrons. The van der Waals surface area contributed by atoms with Crippen molar-refractivity contribution in [2.75, 3.05) is 18.8 Å². The van der Waals surface area contributed by atoms with Gasteiger partial charge in [-0.15, -0.1) is 11.8 Å². The van der Waals surface area contributed by atoms with Crippen LogP contribution in [0.15, 0.2) is 53.6 Å². The van der Waals surface area contributed by atoms with E-state index in [2.05, 4.69) is 17.1 Å². The zero-order valence-corrected chi connectivity index (χ0v) is 13.9. The first-order chi connectivity index (χ1) is 11.6. The van der Waals surface area contributed by atoms with E-state index in [0.29, 0.717) is 24.6 Å². The molecule has 1 aromatic heterocycles. The van der Waals surface area contributed by atoms with Crippen molar-refractivity contribution in [3.05, 3.63) is 59.9 Å². The molecule has 6 heteroatoms. The lowest BCUT2D eigenvalue weighted by molar-refractivity contribution is 0.0690. The minimum Gasteiger partial charge on any atom is -0.477 e. The molecule has 1 aliphatic heterocycles. The van der Waals surface area contributed by atoms with Crippen LogP contribution >= 0.6 is 11.8 Å². The fourth-order valence-corrected chi connectivity index (χ4v) is 3.80. The number of hydrogen-bond donors (Lipinski definition) is 1. The Morgan fingerprint density at radius 1 is 1.25 bits per heavy atom. The van der Waals surface area contributed by atoms with E-state index in [0.717, 1.165) is 12.2 Å². The standard InChI is InChI=1S/C18H18N2O3S/c21-17(14-6-8-19-16(10-14)18(22)23)20-9-7-13(11-20)12-24-15-4-2-1-3-5-15/h1-6,8,10,13H,7,9,11-12H2,(H,22,23). The summed E-state index contributed by atoms with van der Waals surface area (Å²) < 4.78 is 0. The fraction of sp³-hybridized carbons (Fsp3) is 0.278. The zero-order chi connectivity index (χ0) is 16.9. The average Bonchev–Trinajstić information content (AvgIpc) is 3.09. The summed E-state index contributed by atoms with van der Waals surface area (Å²) in [6, 6.07) is 13.1. The molecule has 2 aromatic rings. The predicted molar refractivity (Wildman–Crippen MR) is 92.4 cm³/mol. The number of carbonyl (C=O) groups excluding carboxylic acids is 1. The molecule has 24 heavy (non-hydrogen) atoms. The number of pyridine rings is 1. The molecule has 1 aliphatic rings. The number of carboxylic acids is 1. The third-order valence-corrected chi connectivity index (χ3v) is 5.27.